The van der Waals surface area contributed by atoms with Crippen LogP contribution in [-0.4, -0.2) is 34.3 Å². The molecule has 4 aromatic rings. The van der Waals surface area contributed by atoms with Gasteiger partial charge in [0, 0.05) is 35.6 Å². The molecule has 1 saturated heterocycles. The monoisotopic (exact) mass is 426 g/mol. The number of fused-ring (bicyclic) bond motifs is 1. The second-order valence-corrected chi connectivity index (χ2v) is 8.39. The fourth-order valence-corrected chi connectivity index (χ4v) is 4.43. The van der Waals surface area contributed by atoms with Crippen molar-refractivity contribution >= 4 is 16.6 Å². The minimum atomic E-state index is -0.278. The average molecular weight is 426 g/mol. The van der Waals surface area contributed by atoms with Crippen LogP contribution in [0.2, 0.25) is 0 Å². The van der Waals surface area contributed by atoms with E-state index in [2.05, 4.69) is 26.2 Å². The van der Waals surface area contributed by atoms with E-state index in [1.165, 1.54) is 12.1 Å². The third-order valence-electron chi connectivity index (χ3n) is 6.04. The molecule has 1 aliphatic rings. The lowest BCUT2D eigenvalue weighted by molar-refractivity contribution is 0.501. The van der Waals surface area contributed by atoms with E-state index < -0.39 is 0 Å². The first-order valence-electron chi connectivity index (χ1n) is 10.7. The van der Waals surface area contributed by atoms with Gasteiger partial charge in [-0.3, -0.25) is 0 Å². The lowest BCUT2D eigenvalue weighted by Crippen LogP contribution is -2.40. The van der Waals surface area contributed by atoms with Crippen molar-refractivity contribution in [2.24, 2.45) is 5.73 Å². The first-order valence-corrected chi connectivity index (χ1v) is 10.7. The number of nitrogens with one attached hydrogen (secondary N) is 1. The minimum Gasteiger partial charge on any atom is -0.369 e. The molecule has 7 heteroatoms. The first-order chi connectivity index (χ1) is 15.5. The fourth-order valence-electron chi connectivity index (χ4n) is 4.43. The number of hydrogen-bond acceptors (Lipinski definition) is 5. The number of anilines is 1. The van der Waals surface area contributed by atoms with E-state index >= 15 is 0 Å². The van der Waals surface area contributed by atoms with Crippen LogP contribution in [0, 0.1) is 24.1 Å². The van der Waals surface area contributed by atoms with Crippen LogP contribution in [-0.2, 0) is 0 Å². The summed E-state index contributed by atoms with van der Waals surface area (Å²) in [6.45, 7) is 3.46. The quantitative estimate of drug-likeness (QED) is 0.502. The van der Waals surface area contributed by atoms with Crippen LogP contribution in [0.1, 0.15) is 24.0 Å². The highest BCUT2D eigenvalue weighted by Crippen LogP contribution is 2.39. The highest BCUT2D eigenvalue weighted by atomic mass is 19.1. The number of aromatic amines is 1. The van der Waals surface area contributed by atoms with Gasteiger partial charge in [0.1, 0.15) is 11.5 Å². The lowest BCUT2D eigenvalue weighted by atomic mass is 9.98. The smallest absolute Gasteiger partial charge is 0.133 e. The van der Waals surface area contributed by atoms with Crippen molar-refractivity contribution in [1.29, 1.82) is 5.26 Å². The summed E-state index contributed by atoms with van der Waals surface area (Å²) in [5, 5.41) is 19.0. The summed E-state index contributed by atoms with van der Waals surface area (Å²) in [5.41, 5.74) is 12.5. The lowest BCUT2D eigenvalue weighted by Gasteiger charge is -2.34. The average Bonchev–Trinajstić information content (AvgIpc) is 3.21. The van der Waals surface area contributed by atoms with Gasteiger partial charge in [-0.1, -0.05) is 12.1 Å². The third kappa shape index (κ3) is 3.70. The molecular weight excluding hydrogens is 403 g/mol. The van der Waals surface area contributed by atoms with E-state index in [-0.39, 0.29) is 11.9 Å². The van der Waals surface area contributed by atoms with Crippen molar-refractivity contribution in [3.05, 3.63) is 65.6 Å². The van der Waals surface area contributed by atoms with Gasteiger partial charge in [0.15, 0.2) is 0 Å². The molecule has 0 bridgehead atoms. The predicted molar refractivity (Wildman–Crippen MR) is 124 cm³/mol. The molecule has 0 unspecified atom stereocenters. The highest BCUT2D eigenvalue weighted by Gasteiger charge is 2.25. The van der Waals surface area contributed by atoms with E-state index in [1.807, 2.05) is 31.2 Å². The van der Waals surface area contributed by atoms with Crippen molar-refractivity contribution in [1.82, 2.24) is 15.2 Å². The van der Waals surface area contributed by atoms with E-state index in [0.29, 0.717) is 11.3 Å². The number of piperidine rings is 1. The largest absolute Gasteiger partial charge is 0.369 e. The molecule has 3 heterocycles. The van der Waals surface area contributed by atoms with E-state index in [1.54, 1.807) is 12.3 Å². The number of aryl methyl sites for hydroxylation is 1. The van der Waals surface area contributed by atoms with Gasteiger partial charge in [-0.2, -0.15) is 10.4 Å². The van der Waals surface area contributed by atoms with E-state index in [0.717, 1.165) is 64.9 Å². The molecule has 2 aromatic carbocycles. The number of nitrogens with two attached hydrogens (primary N) is 1. The van der Waals surface area contributed by atoms with Gasteiger partial charge >= 0.3 is 0 Å². The number of nitrogens with zero attached hydrogens (tertiary/aromatic N) is 4. The molecule has 0 aliphatic carbocycles. The van der Waals surface area contributed by atoms with Crippen LogP contribution >= 0.6 is 0 Å². The molecule has 0 saturated carbocycles. The van der Waals surface area contributed by atoms with Crippen LogP contribution in [0.4, 0.5) is 10.1 Å². The van der Waals surface area contributed by atoms with Gasteiger partial charge in [-0.15, -0.1) is 5.10 Å². The SMILES string of the molecule is Cc1cc(F)cc(-c2cnnc(-c3cc4ccc(C#N)cc4[nH]3)c2N2CCC(N)CC2)c1. The van der Waals surface area contributed by atoms with Crippen LogP contribution in [0.25, 0.3) is 33.4 Å². The maximum Gasteiger partial charge on any atom is 0.133 e. The van der Waals surface area contributed by atoms with Crippen LogP contribution < -0.4 is 10.6 Å². The van der Waals surface area contributed by atoms with Crippen molar-refractivity contribution in [3.8, 4) is 28.6 Å². The molecule has 160 valence electrons. The number of rotatable bonds is 3. The summed E-state index contributed by atoms with van der Waals surface area (Å²) in [7, 11) is 0. The van der Waals surface area contributed by atoms with Gasteiger partial charge in [0.25, 0.3) is 0 Å². The molecule has 0 spiro atoms. The maximum atomic E-state index is 14.3. The summed E-state index contributed by atoms with van der Waals surface area (Å²) in [6, 6.07) is 14.9. The molecule has 6 nitrogen and oxygen atoms in total. The molecule has 1 aliphatic heterocycles. The Labute approximate surface area is 185 Å². The summed E-state index contributed by atoms with van der Waals surface area (Å²) in [4.78, 5) is 5.67. The summed E-state index contributed by atoms with van der Waals surface area (Å²) in [6.07, 6.45) is 3.46. The Morgan fingerprint density at radius 2 is 1.97 bits per heavy atom. The summed E-state index contributed by atoms with van der Waals surface area (Å²) in [5.74, 6) is -0.278. The molecule has 2 aromatic heterocycles. The molecule has 1 fully saturated rings. The molecule has 32 heavy (non-hydrogen) atoms. The summed E-state index contributed by atoms with van der Waals surface area (Å²) >= 11 is 0. The molecular formula is C25H23FN6. The van der Waals surface area contributed by atoms with Gasteiger partial charge in [0.05, 0.1) is 29.2 Å². The van der Waals surface area contributed by atoms with Gasteiger partial charge in [-0.25, -0.2) is 4.39 Å². The first kappa shape index (κ1) is 20.2. The number of nitriles is 1. The second-order valence-electron chi connectivity index (χ2n) is 8.39. The number of benzene rings is 2. The topological polar surface area (TPSA) is 94.6 Å². The number of aromatic nitrogens is 3. The maximum absolute atomic E-state index is 14.3. The third-order valence-corrected chi connectivity index (χ3v) is 6.04. The molecule has 0 radical (unpaired) electrons. The van der Waals surface area contributed by atoms with Gasteiger partial charge < -0.3 is 15.6 Å². The zero-order chi connectivity index (χ0) is 22.2. The van der Waals surface area contributed by atoms with Gasteiger partial charge in [0.2, 0.25) is 0 Å². The van der Waals surface area contributed by atoms with Crippen molar-refractivity contribution in [2.75, 3.05) is 18.0 Å². The Morgan fingerprint density at radius 1 is 1.16 bits per heavy atom. The zero-order valence-corrected chi connectivity index (χ0v) is 17.8. The van der Waals surface area contributed by atoms with Crippen molar-refractivity contribution < 1.29 is 4.39 Å². The Balaban J connectivity index is 1.71. The molecule has 0 atom stereocenters. The Morgan fingerprint density at radius 3 is 2.72 bits per heavy atom. The van der Waals surface area contributed by atoms with Crippen LogP contribution in [0.15, 0.2) is 48.7 Å². The normalized spacial score (nSPS) is 14.6. The van der Waals surface area contributed by atoms with Crippen molar-refractivity contribution in [3.63, 3.8) is 0 Å². The number of halogens is 1. The zero-order valence-electron chi connectivity index (χ0n) is 17.8. The Hall–Kier alpha value is -3.76. The van der Waals surface area contributed by atoms with Crippen LogP contribution in [0.3, 0.4) is 0 Å². The molecule has 0 amide bonds. The number of hydrogen-bond donors (Lipinski definition) is 2. The van der Waals surface area contributed by atoms with Gasteiger partial charge in [-0.05, 0) is 61.2 Å². The summed E-state index contributed by atoms with van der Waals surface area (Å²) < 4.78 is 14.3. The van der Waals surface area contributed by atoms with Crippen LogP contribution in [0.5, 0.6) is 0 Å². The fraction of sp³-hybridized carbons (Fsp3) is 0.240. The van der Waals surface area contributed by atoms with E-state index in [4.69, 9.17) is 5.73 Å². The Kier molecular flexibility index (Phi) is 5.08. The van der Waals surface area contributed by atoms with E-state index in [9.17, 15) is 9.65 Å². The molecule has 3 N–H and O–H groups in total. The van der Waals surface area contributed by atoms with Crippen molar-refractivity contribution in [2.45, 2.75) is 25.8 Å². The predicted octanol–water partition coefficient (Wildman–Crippen LogP) is 4.54. The molecule has 5 rings (SSSR count). The highest BCUT2D eigenvalue weighted by molar-refractivity contribution is 5.92. The minimum absolute atomic E-state index is 0.182. The standard InChI is InChI=1S/C25H23FN6/c1-15-8-18(11-19(26)9-15)21-14-29-31-24(25(21)32-6-4-20(28)5-7-32)23-12-17-3-2-16(13-27)10-22(17)30-23/h2-3,8-12,14,20,30H,4-7,28H2,1H3. The Bertz CT molecular complexity index is 1320. The second kappa shape index (κ2) is 8.06. The number of H-pyrrole nitrogens is 1.